The Morgan fingerprint density at radius 3 is 2.75 bits per heavy atom. The van der Waals surface area contributed by atoms with Crippen LogP contribution in [0.5, 0.6) is 0 Å². The lowest BCUT2D eigenvalue weighted by Crippen LogP contribution is -2.53. The Hall–Kier alpha value is -1.39. The Bertz CT molecular complexity index is 627. The summed E-state index contributed by atoms with van der Waals surface area (Å²) in [5, 5.41) is 0.568. The second kappa shape index (κ2) is 7.24. The maximum Gasteiger partial charge on any atom is 0.231 e. The fourth-order valence-electron chi connectivity index (χ4n) is 3.89. The summed E-state index contributed by atoms with van der Waals surface area (Å²) in [6.07, 6.45) is 4.55. The fraction of sp³-hybridized carbons (Fsp3) is 0.579. The molecule has 0 bridgehead atoms. The number of carbonyl (C=O) groups excluding carboxylic acids is 2. The molecule has 5 heteroatoms. The number of methoxy groups -OCH3 is 1. The van der Waals surface area contributed by atoms with E-state index < -0.39 is 0 Å². The zero-order valence-electron chi connectivity index (χ0n) is 14.1. The molecule has 1 amide bonds. The number of benzene rings is 1. The molecule has 1 aromatic rings. The summed E-state index contributed by atoms with van der Waals surface area (Å²) in [6, 6.07) is 7.07. The molecule has 2 aliphatic rings. The molecule has 1 aliphatic carbocycles. The summed E-state index contributed by atoms with van der Waals surface area (Å²) in [4.78, 5) is 27.6. The third-order valence-electron chi connectivity index (χ3n) is 5.37. The van der Waals surface area contributed by atoms with E-state index >= 15 is 0 Å². The Morgan fingerprint density at radius 1 is 1.33 bits per heavy atom. The first-order valence-corrected chi connectivity index (χ1v) is 9.02. The number of carbonyl (C=O) groups is 2. The molecule has 1 aromatic carbocycles. The molecule has 1 saturated heterocycles. The molecule has 130 valence electrons. The molecule has 1 atom stereocenters. The van der Waals surface area contributed by atoms with Crippen LogP contribution in [0.25, 0.3) is 0 Å². The van der Waals surface area contributed by atoms with E-state index in [0.717, 1.165) is 38.6 Å². The van der Waals surface area contributed by atoms with E-state index in [1.807, 2.05) is 4.90 Å². The average molecular weight is 350 g/mol. The van der Waals surface area contributed by atoms with Gasteiger partial charge in [0.15, 0.2) is 5.78 Å². The van der Waals surface area contributed by atoms with Gasteiger partial charge in [0.1, 0.15) is 0 Å². The summed E-state index contributed by atoms with van der Waals surface area (Å²) in [7, 11) is 1.65. The third-order valence-corrected chi connectivity index (χ3v) is 5.61. The predicted octanol–water partition coefficient (Wildman–Crippen LogP) is 3.58. The second-order valence-electron chi connectivity index (χ2n) is 7.03. The number of nitrogens with zero attached hydrogens (tertiary/aromatic N) is 1. The number of amides is 1. The van der Waals surface area contributed by atoms with Crippen molar-refractivity contribution in [1.29, 1.82) is 0 Å². The van der Waals surface area contributed by atoms with Crippen molar-refractivity contribution in [2.75, 3.05) is 26.8 Å². The predicted molar refractivity (Wildman–Crippen MR) is 93.2 cm³/mol. The molecule has 24 heavy (non-hydrogen) atoms. The van der Waals surface area contributed by atoms with Crippen molar-refractivity contribution in [3.05, 3.63) is 34.9 Å². The largest absolute Gasteiger partial charge is 0.384 e. The molecule has 4 nitrogen and oxygen atoms in total. The lowest BCUT2D eigenvalue weighted by molar-refractivity contribution is -0.153. The number of Topliss-reactive ketones (excluding diaryl/α,β-unsaturated/α-hetero) is 1. The lowest BCUT2D eigenvalue weighted by atomic mass is 9.68. The lowest BCUT2D eigenvalue weighted by Gasteiger charge is -2.45. The topological polar surface area (TPSA) is 46.6 Å². The Balaban J connectivity index is 1.70. The molecule has 3 rings (SSSR count). The van der Waals surface area contributed by atoms with Gasteiger partial charge in [0, 0.05) is 36.7 Å². The molecule has 1 unspecified atom stereocenters. The zero-order chi connectivity index (χ0) is 17.2. The first kappa shape index (κ1) is 17.4. The second-order valence-corrected chi connectivity index (χ2v) is 7.47. The van der Waals surface area contributed by atoms with Crippen molar-refractivity contribution in [2.45, 2.75) is 32.1 Å². The van der Waals surface area contributed by atoms with E-state index in [9.17, 15) is 9.59 Å². The average Bonchev–Trinajstić information content (AvgIpc) is 2.57. The fourth-order valence-corrected chi connectivity index (χ4v) is 4.08. The summed E-state index contributed by atoms with van der Waals surface area (Å²) in [6.45, 7) is 1.73. The number of piperidine rings is 1. The smallest absolute Gasteiger partial charge is 0.231 e. The van der Waals surface area contributed by atoms with Gasteiger partial charge in [0.05, 0.1) is 12.0 Å². The Labute approximate surface area is 148 Å². The number of likely N-dealkylation sites (tertiary alicyclic amines) is 1. The quantitative estimate of drug-likeness (QED) is 0.763. The first-order valence-electron chi connectivity index (χ1n) is 8.64. The number of rotatable bonds is 5. The van der Waals surface area contributed by atoms with Gasteiger partial charge in [-0.05, 0) is 37.8 Å². The van der Waals surface area contributed by atoms with E-state index in [1.165, 1.54) is 0 Å². The summed E-state index contributed by atoms with van der Waals surface area (Å²) in [5.74, 6) is 0.115. The Morgan fingerprint density at radius 2 is 2.12 bits per heavy atom. The summed E-state index contributed by atoms with van der Waals surface area (Å²) in [5.41, 5.74) is 0.285. The maximum atomic E-state index is 13.0. The highest BCUT2D eigenvalue weighted by atomic mass is 35.5. The van der Waals surface area contributed by atoms with E-state index in [4.69, 9.17) is 16.3 Å². The normalized spacial score (nSPS) is 22.8. The van der Waals surface area contributed by atoms with Gasteiger partial charge < -0.3 is 9.64 Å². The van der Waals surface area contributed by atoms with Crippen molar-refractivity contribution < 1.29 is 14.3 Å². The first-order chi connectivity index (χ1) is 11.6. The molecule has 0 radical (unpaired) electrons. The van der Waals surface area contributed by atoms with Gasteiger partial charge in [-0.15, -0.1) is 0 Å². The van der Waals surface area contributed by atoms with Gasteiger partial charge in [0.25, 0.3) is 0 Å². The van der Waals surface area contributed by atoms with Crippen LogP contribution in [0.4, 0.5) is 0 Å². The van der Waals surface area contributed by atoms with Crippen LogP contribution in [0.15, 0.2) is 24.3 Å². The minimum atomic E-state index is -0.351. The van der Waals surface area contributed by atoms with Gasteiger partial charge in [0.2, 0.25) is 5.91 Å². The van der Waals surface area contributed by atoms with Crippen molar-refractivity contribution in [2.24, 2.45) is 11.3 Å². The van der Waals surface area contributed by atoms with Crippen molar-refractivity contribution >= 4 is 23.3 Å². The minimum absolute atomic E-state index is 0.0874. The van der Waals surface area contributed by atoms with Crippen LogP contribution in [0.2, 0.25) is 5.02 Å². The van der Waals surface area contributed by atoms with Gasteiger partial charge in [-0.2, -0.15) is 0 Å². The molecule has 0 spiro atoms. The number of halogens is 1. The SMILES string of the molecule is COCC1(C(=O)N2CCCC(C(=O)c3cccc(Cl)c3)C2)CCC1. The van der Waals surface area contributed by atoms with E-state index in [0.29, 0.717) is 23.7 Å². The van der Waals surface area contributed by atoms with Crippen LogP contribution < -0.4 is 0 Å². The highest BCUT2D eigenvalue weighted by molar-refractivity contribution is 6.31. The Kier molecular flexibility index (Phi) is 5.26. The highest BCUT2D eigenvalue weighted by Crippen LogP contribution is 2.43. The molecule has 1 aliphatic heterocycles. The van der Waals surface area contributed by atoms with Crippen LogP contribution in [-0.4, -0.2) is 43.4 Å². The van der Waals surface area contributed by atoms with Crippen molar-refractivity contribution in [3.63, 3.8) is 0 Å². The number of hydrogen-bond acceptors (Lipinski definition) is 3. The molecule has 1 saturated carbocycles. The van der Waals surface area contributed by atoms with E-state index in [1.54, 1.807) is 31.4 Å². The van der Waals surface area contributed by atoms with Crippen LogP contribution in [0.3, 0.4) is 0 Å². The van der Waals surface area contributed by atoms with Gasteiger partial charge in [-0.1, -0.05) is 30.2 Å². The molecular formula is C19H24ClNO3. The van der Waals surface area contributed by atoms with Crippen LogP contribution in [0.1, 0.15) is 42.5 Å². The van der Waals surface area contributed by atoms with E-state index in [-0.39, 0.29) is 23.0 Å². The minimum Gasteiger partial charge on any atom is -0.384 e. The van der Waals surface area contributed by atoms with E-state index in [2.05, 4.69) is 0 Å². The van der Waals surface area contributed by atoms with Gasteiger partial charge in [-0.3, -0.25) is 9.59 Å². The maximum absolute atomic E-state index is 13.0. The molecule has 2 fully saturated rings. The summed E-state index contributed by atoms with van der Waals surface area (Å²) < 4.78 is 5.29. The third kappa shape index (κ3) is 3.35. The van der Waals surface area contributed by atoms with Crippen LogP contribution in [0, 0.1) is 11.3 Å². The molecule has 0 N–H and O–H groups in total. The number of hydrogen-bond donors (Lipinski definition) is 0. The van der Waals surface area contributed by atoms with Crippen molar-refractivity contribution in [1.82, 2.24) is 4.90 Å². The molecule has 0 aromatic heterocycles. The van der Waals surface area contributed by atoms with Crippen LogP contribution in [-0.2, 0) is 9.53 Å². The number of ether oxygens (including phenoxy) is 1. The highest BCUT2D eigenvalue weighted by Gasteiger charge is 2.47. The molecular weight excluding hydrogens is 326 g/mol. The van der Waals surface area contributed by atoms with Crippen LogP contribution >= 0.6 is 11.6 Å². The zero-order valence-corrected chi connectivity index (χ0v) is 14.8. The summed E-state index contributed by atoms with van der Waals surface area (Å²) >= 11 is 6.00. The van der Waals surface area contributed by atoms with Gasteiger partial charge in [-0.25, -0.2) is 0 Å². The standard InChI is InChI=1S/C19H24ClNO3/c1-24-13-19(8-4-9-19)18(23)21-10-3-6-15(12-21)17(22)14-5-2-7-16(20)11-14/h2,5,7,11,15H,3-4,6,8-10,12-13H2,1H3. The monoisotopic (exact) mass is 349 g/mol. The van der Waals surface area contributed by atoms with Crippen molar-refractivity contribution in [3.8, 4) is 0 Å². The molecule has 1 heterocycles. The number of ketones is 1. The van der Waals surface area contributed by atoms with Gasteiger partial charge >= 0.3 is 0 Å².